The average Bonchev–Trinajstić information content (AvgIpc) is 2.95. The Balaban J connectivity index is 1.36. The van der Waals surface area contributed by atoms with Crippen molar-refractivity contribution in [3.63, 3.8) is 0 Å². The summed E-state index contributed by atoms with van der Waals surface area (Å²) in [4.78, 5) is 0. The van der Waals surface area contributed by atoms with Crippen LogP contribution >= 0.6 is 0 Å². The Morgan fingerprint density at radius 2 is 1.72 bits per heavy atom. The second-order valence-corrected chi connectivity index (χ2v) is 10.3. The van der Waals surface area contributed by atoms with E-state index in [-0.39, 0.29) is 28.8 Å². The van der Waals surface area contributed by atoms with E-state index in [1.54, 1.807) is 48.6 Å². The zero-order valence-electron chi connectivity index (χ0n) is 22.5. The quantitative estimate of drug-likeness (QED) is 0.196. The molecule has 3 aromatic carbocycles. The van der Waals surface area contributed by atoms with E-state index < -0.39 is 17.7 Å². The van der Waals surface area contributed by atoms with Crippen molar-refractivity contribution in [2.75, 3.05) is 6.61 Å². The molecule has 0 amide bonds. The molecule has 0 saturated heterocycles. The van der Waals surface area contributed by atoms with Crippen molar-refractivity contribution in [1.82, 2.24) is 0 Å². The van der Waals surface area contributed by atoms with Crippen LogP contribution in [-0.2, 0) is 0 Å². The topological polar surface area (TPSA) is 29.5 Å². The SMILES string of the molecule is C=CCCOc1ccc(C2CCC(/C=C/c3ccc(-c4ccc(C(O)CCC)cc4)c(F)c3F)CC2)c(F)c1. The Morgan fingerprint density at radius 3 is 2.38 bits per heavy atom. The zero-order chi connectivity index (χ0) is 27.8. The fourth-order valence-corrected chi connectivity index (χ4v) is 5.29. The predicted molar refractivity (Wildman–Crippen MR) is 152 cm³/mol. The summed E-state index contributed by atoms with van der Waals surface area (Å²) in [6.45, 7) is 6.13. The minimum absolute atomic E-state index is 0.139. The Morgan fingerprint density at radius 1 is 0.974 bits per heavy atom. The molecule has 39 heavy (non-hydrogen) atoms. The van der Waals surface area contributed by atoms with Gasteiger partial charge in [0.2, 0.25) is 0 Å². The third kappa shape index (κ3) is 7.21. The summed E-state index contributed by atoms with van der Waals surface area (Å²) >= 11 is 0. The van der Waals surface area contributed by atoms with Gasteiger partial charge in [-0.05, 0) is 73.1 Å². The molecule has 2 nitrogen and oxygen atoms in total. The first-order valence-electron chi connectivity index (χ1n) is 13.9. The third-order valence-electron chi connectivity index (χ3n) is 7.60. The fraction of sp³-hybridized carbons (Fsp3) is 0.353. The van der Waals surface area contributed by atoms with Crippen LogP contribution in [0.2, 0.25) is 0 Å². The van der Waals surface area contributed by atoms with Gasteiger partial charge in [-0.2, -0.15) is 0 Å². The standard InChI is InChI=1S/C34H37F3O2/c1-3-5-21-39-28-18-20-29(31(35)22-28)24-10-7-23(8-11-24)9-12-27-17-19-30(34(37)33(27)36)25-13-15-26(16-14-25)32(38)6-4-2/h3,9,12-20,22-24,32,38H,1,4-8,10-11,21H2,2H3/b12-9+. The van der Waals surface area contributed by atoms with Crippen LogP contribution in [0.4, 0.5) is 13.2 Å². The van der Waals surface area contributed by atoms with Crippen LogP contribution in [0.15, 0.2) is 73.3 Å². The number of halogens is 3. The van der Waals surface area contributed by atoms with Gasteiger partial charge in [0.1, 0.15) is 11.6 Å². The maximum atomic E-state index is 15.0. The number of hydrogen-bond donors (Lipinski definition) is 1. The summed E-state index contributed by atoms with van der Waals surface area (Å²) in [5.74, 6) is -1.10. The lowest BCUT2D eigenvalue weighted by atomic mass is 9.78. The first-order valence-corrected chi connectivity index (χ1v) is 13.9. The van der Waals surface area contributed by atoms with Crippen LogP contribution < -0.4 is 4.74 Å². The molecule has 0 heterocycles. The van der Waals surface area contributed by atoms with Gasteiger partial charge in [-0.25, -0.2) is 13.2 Å². The number of benzene rings is 3. The van der Waals surface area contributed by atoms with Gasteiger partial charge in [0.25, 0.3) is 0 Å². The molecule has 4 rings (SSSR count). The van der Waals surface area contributed by atoms with Crippen molar-refractivity contribution in [1.29, 1.82) is 0 Å². The van der Waals surface area contributed by atoms with Crippen LogP contribution in [-0.4, -0.2) is 11.7 Å². The highest BCUT2D eigenvalue weighted by Crippen LogP contribution is 2.38. The molecule has 206 valence electrons. The number of hydrogen-bond acceptors (Lipinski definition) is 2. The molecule has 0 aliphatic heterocycles. The summed E-state index contributed by atoms with van der Waals surface area (Å²) in [6.07, 6.45) is 10.4. The lowest BCUT2D eigenvalue weighted by molar-refractivity contribution is 0.166. The van der Waals surface area contributed by atoms with Crippen LogP contribution in [0.1, 0.15) is 80.6 Å². The normalized spacial score (nSPS) is 18.3. The number of aliphatic hydroxyl groups excluding tert-OH is 1. The van der Waals surface area contributed by atoms with E-state index in [1.807, 2.05) is 25.1 Å². The van der Waals surface area contributed by atoms with Crippen LogP contribution in [0, 0.1) is 23.4 Å². The van der Waals surface area contributed by atoms with E-state index in [9.17, 15) is 18.3 Å². The molecule has 5 heteroatoms. The monoisotopic (exact) mass is 534 g/mol. The number of rotatable bonds is 11. The molecule has 0 spiro atoms. The maximum absolute atomic E-state index is 15.0. The van der Waals surface area contributed by atoms with E-state index in [4.69, 9.17) is 4.74 Å². The molecule has 0 aromatic heterocycles. The Bertz CT molecular complexity index is 1270. The largest absolute Gasteiger partial charge is 0.493 e. The number of allylic oxidation sites excluding steroid dienone is 1. The highest BCUT2D eigenvalue weighted by atomic mass is 19.2. The average molecular weight is 535 g/mol. The van der Waals surface area contributed by atoms with Crippen molar-refractivity contribution >= 4 is 6.08 Å². The summed E-state index contributed by atoms with van der Waals surface area (Å²) < 4.78 is 50.2. The van der Waals surface area contributed by atoms with Crippen LogP contribution in [0.5, 0.6) is 5.75 Å². The molecule has 1 atom stereocenters. The van der Waals surface area contributed by atoms with Gasteiger partial charge < -0.3 is 9.84 Å². The summed E-state index contributed by atoms with van der Waals surface area (Å²) in [6, 6.07) is 15.2. The lowest BCUT2D eigenvalue weighted by Gasteiger charge is -2.27. The molecule has 3 aromatic rings. The number of aliphatic hydroxyl groups is 1. The Kier molecular flexibility index (Phi) is 10.0. The van der Waals surface area contributed by atoms with Gasteiger partial charge in [0.15, 0.2) is 11.6 Å². The first kappa shape index (κ1) is 28.7. The Hall–Kier alpha value is -3.31. The molecular formula is C34H37F3O2. The summed E-state index contributed by atoms with van der Waals surface area (Å²) in [7, 11) is 0. The molecule has 1 saturated carbocycles. The molecule has 1 aliphatic carbocycles. The van der Waals surface area contributed by atoms with E-state index in [0.29, 0.717) is 36.3 Å². The van der Waals surface area contributed by atoms with E-state index in [2.05, 4.69) is 6.58 Å². The van der Waals surface area contributed by atoms with Crippen molar-refractivity contribution in [2.24, 2.45) is 5.92 Å². The van der Waals surface area contributed by atoms with Crippen molar-refractivity contribution in [2.45, 2.75) is 63.9 Å². The summed E-state index contributed by atoms with van der Waals surface area (Å²) in [5, 5.41) is 10.1. The molecule has 1 N–H and O–H groups in total. The molecule has 0 radical (unpaired) electrons. The highest BCUT2D eigenvalue weighted by molar-refractivity contribution is 5.67. The van der Waals surface area contributed by atoms with Crippen molar-refractivity contribution in [3.05, 3.63) is 107 Å². The van der Waals surface area contributed by atoms with E-state index >= 15 is 0 Å². The zero-order valence-corrected chi connectivity index (χ0v) is 22.5. The number of ether oxygens (including phenoxy) is 1. The van der Waals surface area contributed by atoms with Gasteiger partial charge in [0.05, 0.1) is 12.7 Å². The third-order valence-corrected chi connectivity index (χ3v) is 7.60. The van der Waals surface area contributed by atoms with Crippen molar-refractivity contribution < 1.29 is 23.0 Å². The summed E-state index contributed by atoms with van der Waals surface area (Å²) in [5.41, 5.74) is 2.46. The van der Waals surface area contributed by atoms with E-state index in [0.717, 1.165) is 37.7 Å². The smallest absolute Gasteiger partial charge is 0.167 e. The second kappa shape index (κ2) is 13.7. The molecule has 1 fully saturated rings. The predicted octanol–water partition coefficient (Wildman–Crippen LogP) is 9.55. The maximum Gasteiger partial charge on any atom is 0.167 e. The fourth-order valence-electron chi connectivity index (χ4n) is 5.29. The van der Waals surface area contributed by atoms with Gasteiger partial charge in [-0.15, -0.1) is 6.58 Å². The van der Waals surface area contributed by atoms with Crippen LogP contribution in [0.25, 0.3) is 17.2 Å². The minimum Gasteiger partial charge on any atom is -0.493 e. The van der Waals surface area contributed by atoms with Gasteiger partial charge in [-0.3, -0.25) is 0 Å². The first-order chi connectivity index (χ1) is 18.9. The molecule has 1 aliphatic rings. The molecule has 0 bridgehead atoms. The Labute approximate surface area is 229 Å². The van der Waals surface area contributed by atoms with Gasteiger partial charge in [0, 0.05) is 17.2 Å². The minimum atomic E-state index is -0.880. The highest BCUT2D eigenvalue weighted by Gasteiger charge is 2.24. The van der Waals surface area contributed by atoms with Crippen molar-refractivity contribution in [3.8, 4) is 16.9 Å². The molecule has 1 unspecified atom stereocenters. The lowest BCUT2D eigenvalue weighted by Crippen LogP contribution is -2.13. The second-order valence-electron chi connectivity index (χ2n) is 10.3. The van der Waals surface area contributed by atoms with Gasteiger partial charge >= 0.3 is 0 Å². The van der Waals surface area contributed by atoms with Gasteiger partial charge in [-0.1, -0.05) is 74.0 Å². The van der Waals surface area contributed by atoms with E-state index in [1.165, 1.54) is 6.07 Å². The van der Waals surface area contributed by atoms with Crippen LogP contribution in [0.3, 0.4) is 0 Å². The molecular weight excluding hydrogens is 497 g/mol.